The van der Waals surface area contributed by atoms with Crippen molar-refractivity contribution in [2.75, 3.05) is 39.9 Å². The molecule has 34 heavy (non-hydrogen) atoms. The topological polar surface area (TPSA) is 66.0 Å². The standard InChI is InChI=1S/C27H40N4O3/c1-21-7-5-10-26(2,3)23(21)9-14-29-15-11-27(12-16-29)24(32)30(20-22-8-6-13-28-19-22)25(33)31(27)17-18-34-4/h6,8,13,19H,5,7,9-12,14-18,20H2,1-4H3. The molecule has 3 aliphatic rings. The lowest BCUT2D eigenvalue weighted by Gasteiger charge is -2.43. The number of urea groups is 1. The van der Waals surface area contributed by atoms with Gasteiger partial charge < -0.3 is 14.5 Å². The van der Waals surface area contributed by atoms with E-state index in [4.69, 9.17) is 4.74 Å². The van der Waals surface area contributed by atoms with Crippen LogP contribution in [0.15, 0.2) is 35.7 Å². The third kappa shape index (κ3) is 4.78. The molecule has 7 nitrogen and oxygen atoms in total. The molecule has 4 rings (SSSR count). The summed E-state index contributed by atoms with van der Waals surface area (Å²) in [4.78, 5) is 36.9. The maximum absolute atomic E-state index is 13.7. The zero-order chi connectivity index (χ0) is 24.3. The zero-order valence-electron chi connectivity index (χ0n) is 21.3. The molecule has 0 aromatic carbocycles. The number of rotatable bonds is 8. The molecule has 1 aromatic rings. The number of carbonyl (C=O) groups excluding carboxylic acids is 2. The Morgan fingerprint density at radius 3 is 2.53 bits per heavy atom. The number of hydrogen-bond donors (Lipinski definition) is 0. The first-order chi connectivity index (χ1) is 16.3. The fourth-order valence-electron chi connectivity index (χ4n) is 6.22. The third-order valence-corrected chi connectivity index (χ3v) is 8.25. The molecular weight excluding hydrogens is 428 g/mol. The molecule has 186 valence electrons. The van der Waals surface area contributed by atoms with E-state index in [1.54, 1.807) is 35.5 Å². The summed E-state index contributed by atoms with van der Waals surface area (Å²) < 4.78 is 5.28. The average Bonchev–Trinajstić information content (AvgIpc) is 3.00. The summed E-state index contributed by atoms with van der Waals surface area (Å²) in [6.45, 7) is 10.9. The van der Waals surface area contributed by atoms with Crippen LogP contribution in [0.3, 0.4) is 0 Å². The number of methoxy groups -OCH3 is 1. The second kappa shape index (κ2) is 10.2. The van der Waals surface area contributed by atoms with Crippen molar-refractivity contribution < 1.29 is 14.3 Å². The summed E-state index contributed by atoms with van der Waals surface area (Å²) in [6, 6.07) is 3.54. The minimum Gasteiger partial charge on any atom is -0.383 e. The Labute approximate surface area is 204 Å². The van der Waals surface area contributed by atoms with Crippen LogP contribution in [-0.2, 0) is 16.1 Å². The van der Waals surface area contributed by atoms with Gasteiger partial charge in [0, 0.05) is 45.7 Å². The highest BCUT2D eigenvalue weighted by Crippen LogP contribution is 2.42. The highest BCUT2D eigenvalue weighted by Gasteiger charge is 2.57. The Bertz CT molecular complexity index is 919. The van der Waals surface area contributed by atoms with Crippen LogP contribution < -0.4 is 0 Å². The van der Waals surface area contributed by atoms with Gasteiger partial charge in [-0.3, -0.25) is 14.7 Å². The van der Waals surface area contributed by atoms with E-state index >= 15 is 0 Å². The van der Waals surface area contributed by atoms with E-state index in [-0.39, 0.29) is 23.9 Å². The maximum Gasteiger partial charge on any atom is 0.328 e. The number of ether oxygens (including phenoxy) is 1. The van der Waals surface area contributed by atoms with Crippen LogP contribution in [0.5, 0.6) is 0 Å². The summed E-state index contributed by atoms with van der Waals surface area (Å²) in [5.74, 6) is -0.0657. The van der Waals surface area contributed by atoms with E-state index in [1.165, 1.54) is 24.2 Å². The van der Waals surface area contributed by atoms with E-state index in [9.17, 15) is 9.59 Å². The molecule has 7 heteroatoms. The molecule has 0 saturated carbocycles. The molecule has 1 aromatic heterocycles. The SMILES string of the molecule is COCCN1C(=O)N(Cc2cccnc2)C(=O)C12CCN(CCC1=C(C)CCCC1(C)C)CC2. The minimum atomic E-state index is -0.756. The van der Waals surface area contributed by atoms with Gasteiger partial charge in [0.25, 0.3) is 5.91 Å². The highest BCUT2D eigenvalue weighted by molar-refractivity contribution is 6.07. The van der Waals surface area contributed by atoms with Gasteiger partial charge in [-0.1, -0.05) is 31.1 Å². The van der Waals surface area contributed by atoms with Gasteiger partial charge in [0.1, 0.15) is 5.54 Å². The zero-order valence-corrected chi connectivity index (χ0v) is 21.3. The van der Waals surface area contributed by atoms with Crippen LogP contribution in [0, 0.1) is 5.41 Å². The summed E-state index contributed by atoms with van der Waals surface area (Å²) in [7, 11) is 1.63. The van der Waals surface area contributed by atoms with Crippen LogP contribution in [0.4, 0.5) is 4.79 Å². The number of pyridine rings is 1. The lowest BCUT2D eigenvalue weighted by molar-refractivity contribution is -0.136. The first kappa shape index (κ1) is 24.9. The van der Waals surface area contributed by atoms with Crippen molar-refractivity contribution in [2.45, 2.75) is 71.4 Å². The Hall–Kier alpha value is -2.25. The second-order valence-corrected chi connectivity index (χ2v) is 10.8. The molecule has 0 N–H and O–H groups in total. The number of nitrogens with zero attached hydrogens (tertiary/aromatic N) is 4. The van der Waals surface area contributed by atoms with Gasteiger partial charge in [0.15, 0.2) is 0 Å². The molecule has 2 saturated heterocycles. The lowest BCUT2D eigenvalue weighted by Crippen LogP contribution is -2.57. The summed E-state index contributed by atoms with van der Waals surface area (Å²) in [5.41, 5.74) is 3.59. The second-order valence-electron chi connectivity index (χ2n) is 10.8. The van der Waals surface area contributed by atoms with E-state index in [1.807, 2.05) is 12.1 Å². The Morgan fingerprint density at radius 1 is 1.12 bits per heavy atom. The quantitative estimate of drug-likeness (QED) is 0.422. The summed E-state index contributed by atoms with van der Waals surface area (Å²) in [5, 5.41) is 0. The van der Waals surface area contributed by atoms with Crippen molar-refractivity contribution in [1.29, 1.82) is 0 Å². The van der Waals surface area contributed by atoms with Crippen LogP contribution in [0.1, 0.15) is 64.9 Å². The largest absolute Gasteiger partial charge is 0.383 e. The van der Waals surface area contributed by atoms with E-state index < -0.39 is 5.54 Å². The van der Waals surface area contributed by atoms with Crippen molar-refractivity contribution in [2.24, 2.45) is 5.41 Å². The Balaban J connectivity index is 1.45. The van der Waals surface area contributed by atoms with Gasteiger partial charge >= 0.3 is 6.03 Å². The van der Waals surface area contributed by atoms with Crippen molar-refractivity contribution in [3.63, 3.8) is 0 Å². The minimum absolute atomic E-state index is 0.0657. The van der Waals surface area contributed by atoms with Crippen LogP contribution >= 0.6 is 0 Å². The average molecular weight is 469 g/mol. The number of hydrogen-bond acceptors (Lipinski definition) is 5. The van der Waals surface area contributed by atoms with Crippen molar-refractivity contribution in [3.8, 4) is 0 Å². The lowest BCUT2D eigenvalue weighted by atomic mass is 9.71. The monoisotopic (exact) mass is 468 g/mol. The molecule has 1 aliphatic carbocycles. The fourth-order valence-corrected chi connectivity index (χ4v) is 6.22. The molecule has 3 amide bonds. The van der Waals surface area contributed by atoms with Gasteiger partial charge in [0.05, 0.1) is 13.2 Å². The molecule has 0 radical (unpaired) electrons. The fraction of sp³-hybridized carbons (Fsp3) is 0.667. The number of likely N-dealkylation sites (tertiary alicyclic amines) is 1. The number of imide groups is 1. The number of aromatic nitrogens is 1. The molecule has 0 bridgehead atoms. The van der Waals surface area contributed by atoms with Crippen LogP contribution in [-0.4, -0.2) is 77.1 Å². The first-order valence-electron chi connectivity index (χ1n) is 12.7. The normalized spacial score (nSPS) is 22.8. The first-order valence-corrected chi connectivity index (χ1v) is 12.7. The van der Waals surface area contributed by atoms with E-state index in [2.05, 4.69) is 30.7 Å². The molecule has 2 aliphatic heterocycles. The predicted molar refractivity (Wildman–Crippen MR) is 132 cm³/mol. The van der Waals surface area contributed by atoms with E-state index in [0.717, 1.165) is 31.6 Å². The number of piperidine rings is 1. The number of allylic oxidation sites excluding steroid dienone is 1. The van der Waals surface area contributed by atoms with Crippen molar-refractivity contribution >= 4 is 11.9 Å². The smallest absolute Gasteiger partial charge is 0.328 e. The van der Waals surface area contributed by atoms with Gasteiger partial charge in [-0.05, 0) is 62.5 Å². The van der Waals surface area contributed by atoms with Crippen molar-refractivity contribution in [3.05, 3.63) is 41.2 Å². The van der Waals surface area contributed by atoms with Crippen LogP contribution in [0.25, 0.3) is 0 Å². The molecule has 0 atom stereocenters. The van der Waals surface area contributed by atoms with Crippen LogP contribution in [0.2, 0.25) is 0 Å². The predicted octanol–water partition coefficient (Wildman–Crippen LogP) is 4.24. The van der Waals surface area contributed by atoms with Gasteiger partial charge in [0.2, 0.25) is 0 Å². The van der Waals surface area contributed by atoms with Gasteiger partial charge in [-0.2, -0.15) is 0 Å². The Morgan fingerprint density at radius 2 is 1.88 bits per heavy atom. The van der Waals surface area contributed by atoms with E-state index in [0.29, 0.717) is 26.0 Å². The summed E-state index contributed by atoms with van der Waals surface area (Å²) in [6.07, 6.45) is 9.64. The molecule has 0 unspecified atom stereocenters. The number of carbonyl (C=O) groups is 2. The third-order valence-electron chi connectivity index (χ3n) is 8.25. The Kier molecular flexibility index (Phi) is 7.43. The summed E-state index contributed by atoms with van der Waals surface area (Å²) >= 11 is 0. The highest BCUT2D eigenvalue weighted by atomic mass is 16.5. The van der Waals surface area contributed by atoms with Gasteiger partial charge in [-0.15, -0.1) is 0 Å². The molecule has 1 spiro atoms. The molecular formula is C27H40N4O3. The maximum atomic E-state index is 13.7. The molecule has 3 heterocycles. The molecule has 2 fully saturated rings. The number of amides is 3. The van der Waals surface area contributed by atoms with Crippen molar-refractivity contribution in [1.82, 2.24) is 19.7 Å². The van der Waals surface area contributed by atoms with Gasteiger partial charge in [-0.25, -0.2) is 4.79 Å².